The lowest BCUT2D eigenvalue weighted by Crippen LogP contribution is -2.40. The molecule has 1 fully saturated rings. The summed E-state index contributed by atoms with van der Waals surface area (Å²) in [5.41, 5.74) is 1.25. The zero-order valence-electron chi connectivity index (χ0n) is 12.9. The van der Waals surface area contributed by atoms with E-state index >= 15 is 0 Å². The van der Waals surface area contributed by atoms with Crippen LogP contribution in [0.15, 0.2) is 40.5 Å². The lowest BCUT2D eigenvalue weighted by molar-refractivity contribution is -0.137. The van der Waals surface area contributed by atoms with Crippen LogP contribution in [-0.2, 0) is 14.3 Å². The van der Waals surface area contributed by atoms with Gasteiger partial charge < -0.3 is 4.74 Å². The third-order valence-electron chi connectivity index (χ3n) is 3.83. The van der Waals surface area contributed by atoms with Crippen LogP contribution in [0.2, 0.25) is 0 Å². The SMILES string of the molecule is COC(=O)C1=C(C)N=C2S[C@@H](C)C(=O)N2[C@H]1c1cccc(F)c1. The number of hydrogen-bond donors (Lipinski definition) is 0. The Labute approximate surface area is 137 Å². The number of esters is 1. The van der Waals surface area contributed by atoms with Gasteiger partial charge in [-0.3, -0.25) is 9.69 Å². The number of aliphatic imine (C=N–C) groups is 1. The number of fused-ring (bicyclic) bond motifs is 1. The summed E-state index contributed by atoms with van der Waals surface area (Å²) in [6.07, 6.45) is 0. The van der Waals surface area contributed by atoms with E-state index in [1.165, 1.54) is 35.9 Å². The Hall–Kier alpha value is -2.15. The Kier molecular flexibility index (Phi) is 3.97. The molecule has 23 heavy (non-hydrogen) atoms. The second-order valence-corrected chi connectivity index (χ2v) is 6.62. The van der Waals surface area contributed by atoms with Crippen LogP contribution in [0.5, 0.6) is 0 Å². The number of hydrogen-bond acceptors (Lipinski definition) is 5. The first-order valence-electron chi connectivity index (χ1n) is 7.07. The fourth-order valence-electron chi connectivity index (χ4n) is 2.77. The van der Waals surface area contributed by atoms with Crippen LogP contribution < -0.4 is 0 Å². The van der Waals surface area contributed by atoms with Gasteiger partial charge in [0.25, 0.3) is 0 Å². The number of thioether (sulfide) groups is 1. The van der Waals surface area contributed by atoms with Crippen molar-refractivity contribution < 1.29 is 18.7 Å². The molecule has 0 aromatic heterocycles. The van der Waals surface area contributed by atoms with Crippen LogP contribution in [0.25, 0.3) is 0 Å². The molecule has 1 amide bonds. The maximum atomic E-state index is 13.7. The molecule has 2 atom stereocenters. The van der Waals surface area contributed by atoms with Gasteiger partial charge in [0.2, 0.25) is 5.91 Å². The topological polar surface area (TPSA) is 59.0 Å². The molecule has 0 unspecified atom stereocenters. The number of nitrogens with zero attached hydrogens (tertiary/aromatic N) is 2. The smallest absolute Gasteiger partial charge is 0.338 e. The van der Waals surface area contributed by atoms with E-state index in [1.807, 2.05) is 0 Å². The highest BCUT2D eigenvalue weighted by molar-refractivity contribution is 8.15. The third kappa shape index (κ3) is 2.55. The minimum absolute atomic E-state index is 0.156. The fourth-order valence-corrected chi connectivity index (χ4v) is 3.79. The number of allylic oxidation sites excluding steroid dienone is 1. The Morgan fingerprint density at radius 1 is 1.43 bits per heavy atom. The normalized spacial score (nSPS) is 23.7. The molecule has 1 aromatic rings. The monoisotopic (exact) mass is 334 g/mol. The van der Waals surface area contributed by atoms with Crippen LogP contribution in [0.3, 0.4) is 0 Å². The van der Waals surface area contributed by atoms with Crippen LogP contribution in [0.4, 0.5) is 4.39 Å². The van der Waals surface area contributed by atoms with Crippen molar-refractivity contribution in [3.63, 3.8) is 0 Å². The van der Waals surface area contributed by atoms with Crippen LogP contribution in [0, 0.1) is 5.82 Å². The molecule has 1 saturated heterocycles. The summed E-state index contributed by atoms with van der Waals surface area (Å²) in [6, 6.07) is 5.16. The lowest BCUT2D eigenvalue weighted by Gasteiger charge is -2.32. The number of methoxy groups -OCH3 is 1. The van der Waals surface area contributed by atoms with E-state index in [-0.39, 0.29) is 16.7 Å². The zero-order valence-corrected chi connectivity index (χ0v) is 13.7. The van der Waals surface area contributed by atoms with Crippen molar-refractivity contribution >= 4 is 28.8 Å². The van der Waals surface area contributed by atoms with E-state index in [2.05, 4.69) is 4.99 Å². The number of amidine groups is 1. The van der Waals surface area contributed by atoms with Crippen molar-refractivity contribution in [3.8, 4) is 0 Å². The number of benzene rings is 1. The second kappa shape index (κ2) is 5.81. The molecule has 2 heterocycles. The van der Waals surface area contributed by atoms with Crippen molar-refractivity contribution in [2.24, 2.45) is 4.99 Å². The van der Waals surface area contributed by atoms with Crippen LogP contribution in [0.1, 0.15) is 25.5 Å². The highest BCUT2D eigenvalue weighted by Crippen LogP contribution is 2.43. The standard InChI is InChI=1S/C16H15FN2O3S/c1-8-12(15(21)22-3)13(10-5-4-6-11(17)7-10)19-14(20)9(2)23-16(19)18-8/h4-7,9,13H,1-3H3/t9-,13-/m0/s1. The minimum Gasteiger partial charge on any atom is -0.466 e. The van der Waals surface area contributed by atoms with Crippen LogP contribution in [-0.4, -0.2) is 34.3 Å². The van der Waals surface area contributed by atoms with Gasteiger partial charge in [-0.25, -0.2) is 14.2 Å². The Balaban J connectivity index is 2.19. The van der Waals surface area contributed by atoms with Gasteiger partial charge in [0.15, 0.2) is 5.17 Å². The summed E-state index contributed by atoms with van der Waals surface area (Å²) in [4.78, 5) is 30.6. The molecule has 2 aliphatic rings. The molecule has 0 bridgehead atoms. The van der Waals surface area contributed by atoms with Gasteiger partial charge in [0, 0.05) is 0 Å². The first-order chi connectivity index (χ1) is 10.9. The zero-order chi connectivity index (χ0) is 16.7. The summed E-state index contributed by atoms with van der Waals surface area (Å²) in [5, 5.41) is 0.233. The number of halogens is 1. The van der Waals surface area contributed by atoms with E-state index < -0.39 is 17.8 Å². The summed E-state index contributed by atoms with van der Waals surface area (Å²) in [5.74, 6) is -1.16. The molecule has 0 aliphatic carbocycles. The molecule has 5 nitrogen and oxygen atoms in total. The van der Waals surface area contributed by atoms with Crippen molar-refractivity contribution in [1.82, 2.24) is 4.90 Å². The second-order valence-electron chi connectivity index (χ2n) is 5.31. The molecule has 0 saturated carbocycles. The highest BCUT2D eigenvalue weighted by atomic mass is 32.2. The summed E-state index contributed by atoms with van der Waals surface area (Å²) in [7, 11) is 1.27. The Bertz CT molecular complexity index is 759. The van der Waals surface area contributed by atoms with E-state index in [0.717, 1.165) is 0 Å². The number of carbonyl (C=O) groups excluding carboxylic acids is 2. The van der Waals surface area contributed by atoms with Gasteiger partial charge in [-0.2, -0.15) is 0 Å². The number of ether oxygens (including phenoxy) is 1. The van der Waals surface area contributed by atoms with E-state index in [1.54, 1.807) is 26.0 Å². The number of amides is 1. The van der Waals surface area contributed by atoms with Crippen molar-refractivity contribution in [1.29, 1.82) is 0 Å². The van der Waals surface area contributed by atoms with E-state index in [4.69, 9.17) is 4.74 Å². The van der Waals surface area contributed by atoms with Gasteiger partial charge in [0.05, 0.1) is 29.7 Å². The molecule has 7 heteroatoms. The number of rotatable bonds is 2. The molecular formula is C16H15FN2O3S. The highest BCUT2D eigenvalue weighted by Gasteiger charge is 2.46. The van der Waals surface area contributed by atoms with Gasteiger partial charge in [-0.1, -0.05) is 23.9 Å². The van der Waals surface area contributed by atoms with Crippen molar-refractivity contribution in [2.45, 2.75) is 25.1 Å². The van der Waals surface area contributed by atoms with Crippen LogP contribution >= 0.6 is 11.8 Å². The number of carbonyl (C=O) groups is 2. The molecule has 0 radical (unpaired) electrons. The minimum atomic E-state index is -0.726. The third-order valence-corrected chi connectivity index (χ3v) is 4.88. The first-order valence-corrected chi connectivity index (χ1v) is 7.95. The molecule has 120 valence electrons. The largest absolute Gasteiger partial charge is 0.466 e. The Morgan fingerprint density at radius 2 is 2.17 bits per heavy atom. The maximum absolute atomic E-state index is 13.7. The predicted octanol–water partition coefficient (Wildman–Crippen LogP) is 2.65. The molecule has 2 aliphatic heterocycles. The first kappa shape index (κ1) is 15.7. The van der Waals surface area contributed by atoms with E-state index in [0.29, 0.717) is 16.4 Å². The van der Waals surface area contributed by atoms with Gasteiger partial charge in [0.1, 0.15) is 5.82 Å². The summed E-state index contributed by atoms with van der Waals surface area (Å²) in [6.45, 7) is 3.47. The molecule has 3 rings (SSSR count). The van der Waals surface area contributed by atoms with Crippen molar-refractivity contribution in [2.75, 3.05) is 7.11 Å². The Morgan fingerprint density at radius 3 is 2.83 bits per heavy atom. The molecule has 1 aromatic carbocycles. The fraction of sp³-hybridized carbons (Fsp3) is 0.312. The molecule has 0 N–H and O–H groups in total. The maximum Gasteiger partial charge on any atom is 0.338 e. The van der Waals surface area contributed by atoms with E-state index in [9.17, 15) is 14.0 Å². The average Bonchev–Trinajstić information content (AvgIpc) is 2.79. The average molecular weight is 334 g/mol. The lowest BCUT2D eigenvalue weighted by atomic mass is 9.94. The summed E-state index contributed by atoms with van der Waals surface area (Å²) >= 11 is 1.33. The van der Waals surface area contributed by atoms with Gasteiger partial charge in [-0.05, 0) is 31.5 Å². The quantitative estimate of drug-likeness (QED) is 0.780. The molecule has 0 spiro atoms. The van der Waals surface area contributed by atoms with Gasteiger partial charge in [-0.15, -0.1) is 0 Å². The molecular weight excluding hydrogens is 319 g/mol. The van der Waals surface area contributed by atoms with Crippen molar-refractivity contribution in [3.05, 3.63) is 46.9 Å². The van der Waals surface area contributed by atoms with Gasteiger partial charge >= 0.3 is 5.97 Å². The summed E-state index contributed by atoms with van der Waals surface area (Å²) < 4.78 is 18.5. The predicted molar refractivity (Wildman–Crippen MR) is 85.2 cm³/mol.